The van der Waals surface area contributed by atoms with Crippen LogP contribution in [-0.2, 0) is 6.54 Å². The van der Waals surface area contributed by atoms with Crippen LogP contribution in [-0.4, -0.2) is 23.6 Å². The molecule has 0 aliphatic heterocycles. The molecule has 0 amide bonds. The van der Waals surface area contributed by atoms with Gasteiger partial charge < -0.3 is 10.2 Å². The molecule has 0 spiro atoms. The van der Waals surface area contributed by atoms with E-state index in [9.17, 15) is 0 Å². The average Bonchev–Trinajstić information content (AvgIpc) is 2.48. The van der Waals surface area contributed by atoms with Crippen LogP contribution < -0.4 is 10.2 Å². The first-order chi connectivity index (χ1) is 10.1. The molecule has 0 aliphatic rings. The molecule has 1 aromatic heterocycles. The molecule has 0 saturated carbocycles. The summed E-state index contributed by atoms with van der Waals surface area (Å²) in [5.41, 5.74) is 1.27. The van der Waals surface area contributed by atoms with E-state index in [0.29, 0.717) is 5.92 Å². The molecule has 0 saturated heterocycles. The predicted octanol–water partition coefficient (Wildman–Crippen LogP) is 3.67. The second kappa shape index (κ2) is 7.07. The highest BCUT2D eigenvalue weighted by atomic mass is 15.2. The van der Waals surface area contributed by atoms with Crippen LogP contribution in [0.5, 0.6) is 0 Å². The van der Waals surface area contributed by atoms with Gasteiger partial charge in [-0.05, 0) is 12.5 Å². The number of nitrogens with zero attached hydrogens (tertiary/aromatic N) is 3. The Morgan fingerprint density at radius 2 is 1.86 bits per heavy atom. The van der Waals surface area contributed by atoms with Crippen LogP contribution >= 0.6 is 0 Å². The summed E-state index contributed by atoms with van der Waals surface area (Å²) < 4.78 is 0. The first kappa shape index (κ1) is 15.3. The molecular weight excluding hydrogens is 260 g/mol. The minimum absolute atomic E-state index is 0.312. The van der Waals surface area contributed by atoms with Gasteiger partial charge in [0.15, 0.2) is 0 Å². The fourth-order valence-corrected chi connectivity index (χ4v) is 2.12. The van der Waals surface area contributed by atoms with Gasteiger partial charge in [0.2, 0.25) is 0 Å². The monoisotopic (exact) mass is 284 g/mol. The predicted molar refractivity (Wildman–Crippen MR) is 88.8 cm³/mol. The fraction of sp³-hybridized carbons (Fsp3) is 0.412. The van der Waals surface area contributed by atoms with Crippen LogP contribution in [0, 0.1) is 0 Å². The molecule has 1 heterocycles. The first-order valence-electron chi connectivity index (χ1n) is 7.48. The van der Waals surface area contributed by atoms with E-state index < -0.39 is 0 Å². The zero-order valence-electron chi connectivity index (χ0n) is 13.3. The lowest BCUT2D eigenvalue weighted by atomic mass is 10.2. The van der Waals surface area contributed by atoms with E-state index in [0.717, 1.165) is 30.5 Å². The highest BCUT2D eigenvalue weighted by Crippen LogP contribution is 2.20. The van der Waals surface area contributed by atoms with Gasteiger partial charge in [0.1, 0.15) is 17.5 Å². The third-order valence-electron chi connectivity index (χ3n) is 3.26. The van der Waals surface area contributed by atoms with E-state index in [2.05, 4.69) is 72.3 Å². The minimum atomic E-state index is 0.312. The average molecular weight is 284 g/mol. The van der Waals surface area contributed by atoms with Crippen molar-refractivity contribution in [3.63, 3.8) is 0 Å². The molecule has 0 fully saturated rings. The van der Waals surface area contributed by atoms with Gasteiger partial charge in [0.25, 0.3) is 0 Å². The van der Waals surface area contributed by atoms with Crippen LogP contribution in [0.2, 0.25) is 0 Å². The molecule has 0 radical (unpaired) electrons. The summed E-state index contributed by atoms with van der Waals surface area (Å²) in [6, 6.07) is 12.4. The quantitative estimate of drug-likeness (QED) is 0.878. The lowest BCUT2D eigenvalue weighted by molar-refractivity contribution is 0.763. The number of rotatable bonds is 6. The Kier molecular flexibility index (Phi) is 5.14. The van der Waals surface area contributed by atoms with Crippen molar-refractivity contribution in [3.8, 4) is 0 Å². The van der Waals surface area contributed by atoms with E-state index in [1.165, 1.54) is 5.56 Å². The van der Waals surface area contributed by atoms with Gasteiger partial charge in [0.05, 0.1) is 0 Å². The zero-order chi connectivity index (χ0) is 15.2. The molecule has 4 heteroatoms. The van der Waals surface area contributed by atoms with Crippen LogP contribution in [0.4, 0.5) is 11.6 Å². The third kappa shape index (κ3) is 4.18. The summed E-state index contributed by atoms with van der Waals surface area (Å²) in [6.07, 6.45) is 0. The zero-order valence-corrected chi connectivity index (χ0v) is 13.3. The normalized spacial score (nSPS) is 10.7. The Balaban J connectivity index is 2.24. The summed E-state index contributed by atoms with van der Waals surface area (Å²) in [7, 11) is 2.06. The van der Waals surface area contributed by atoms with Crippen molar-refractivity contribution in [1.82, 2.24) is 9.97 Å². The molecule has 0 atom stereocenters. The summed E-state index contributed by atoms with van der Waals surface area (Å²) in [5, 5.41) is 3.28. The molecular formula is C17H24N4. The molecule has 2 rings (SSSR count). The van der Waals surface area contributed by atoms with Crippen LogP contribution in [0.25, 0.3) is 0 Å². The fourth-order valence-electron chi connectivity index (χ4n) is 2.12. The highest BCUT2D eigenvalue weighted by Gasteiger charge is 2.11. The Morgan fingerprint density at radius 1 is 1.14 bits per heavy atom. The molecule has 21 heavy (non-hydrogen) atoms. The van der Waals surface area contributed by atoms with E-state index in [4.69, 9.17) is 0 Å². The smallest absolute Gasteiger partial charge is 0.135 e. The molecule has 1 aromatic carbocycles. The van der Waals surface area contributed by atoms with Crippen LogP contribution in [0.3, 0.4) is 0 Å². The van der Waals surface area contributed by atoms with Gasteiger partial charge in [-0.3, -0.25) is 0 Å². The van der Waals surface area contributed by atoms with Gasteiger partial charge in [-0.15, -0.1) is 0 Å². The maximum Gasteiger partial charge on any atom is 0.135 e. The summed E-state index contributed by atoms with van der Waals surface area (Å²) >= 11 is 0. The van der Waals surface area contributed by atoms with Crippen molar-refractivity contribution >= 4 is 11.6 Å². The number of nitrogens with one attached hydrogen (secondary N) is 1. The van der Waals surface area contributed by atoms with Crippen molar-refractivity contribution in [1.29, 1.82) is 0 Å². The number of hydrogen-bond acceptors (Lipinski definition) is 4. The van der Waals surface area contributed by atoms with Crippen molar-refractivity contribution in [2.24, 2.45) is 0 Å². The van der Waals surface area contributed by atoms with Crippen molar-refractivity contribution in [2.75, 3.05) is 23.8 Å². The van der Waals surface area contributed by atoms with Gasteiger partial charge >= 0.3 is 0 Å². The van der Waals surface area contributed by atoms with Gasteiger partial charge in [-0.25, -0.2) is 9.97 Å². The topological polar surface area (TPSA) is 41.0 Å². The van der Waals surface area contributed by atoms with Crippen LogP contribution in [0.15, 0.2) is 36.4 Å². The minimum Gasteiger partial charge on any atom is -0.370 e. The highest BCUT2D eigenvalue weighted by molar-refractivity contribution is 5.49. The maximum absolute atomic E-state index is 4.69. The third-order valence-corrected chi connectivity index (χ3v) is 3.26. The molecule has 0 unspecified atom stereocenters. The number of benzene rings is 1. The van der Waals surface area contributed by atoms with E-state index in [-0.39, 0.29) is 0 Å². The Labute approximate surface area is 127 Å². The summed E-state index contributed by atoms with van der Waals surface area (Å²) in [6.45, 7) is 8.00. The van der Waals surface area contributed by atoms with Crippen molar-refractivity contribution in [2.45, 2.75) is 33.2 Å². The molecule has 0 bridgehead atoms. The van der Waals surface area contributed by atoms with E-state index in [1.807, 2.05) is 12.1 Å². The Morgan fingerprint density at radius 3 is 2.48 bits per heavy atom. The van der Waals surface area contributed by atoms with E-state index >= 15 is 0 Å². The molecule has 112 valence electrons. The largest absolute Gasteiger partial charge is 0.370 e. The standard InChI is InChI=1S/C17H24N4/c1-5-18-15-11-16(20-17(19-15)13(2)3)21(4)12-14-9-7-6-8-10-14/h6-11,13H,5,12H2,1-4H3,(H,18,19,20). The van der Waals surface area contributed by atoms with Crippen molar-refractivity contribution in [3.05, 3.63) is 47.8 Å². The number of aromatic nitrogens is 2. The van der Waals surface area contributed by atoms with Crippen LogP contribution in [0.1, 0.15) is 38.1 Å². The summed E-state index contributed by atoms with van der Waals surface area (Å²) in [4.78, 5) is 11.4. The number of anilines is 2. The Hall–Kier alpha value is -2.10. The molecule has 2 aromatic rings. The van der Waals surface area contributed by atoms with Gasteiger partial charge in [0, 0.05) is 32.1 Å². The SMILES string of the molecule is CCNc1cc(N(C)Cc2ccccc2)nc(C(C)C)n1. The maximum atomic E-state index is 4.69. The van der Waals surface area contributed by atoms with Gasteiger partial charge in [-0.2, -0.15) is 0 Å². The lowest BCUT2D eigenvalue weighted by Crippen LogP contribution is -2.19. The first-order valence-corrected chi connectivity index (χ1v) is 7.48. The number of hydrogen-bond donors (Lipinski definition) is 1. The second-order valence-corrected chi connectivity index (χ2v) is 5.50. The molecule has 0 aliphatic carbocycles. The molecule has 1 N–H and O–H groups in total. The molecule has 4 nitrogen and oxygen atoms in total. The van der Waals surface area contributed by atoms with Gasteiger partial charge in [-0.1, -0.05) is 44.2 Å². The Bertz CT molecular complexity index is 566. The van der Waals surface area contributed by atoms with E-state index in [1.54, 1.807) is 0 Å². The lowest BCUT2D eigenvalue weighted by Gasteiger charge is -2.20. The second-order valence-electron chi connectivity index (χ2n) is 5.50. The summed E-state index contributed by atoms with van der Waals surface area (Å²) in [5.74, 6) is 3.04. The van der Waals surface area contributed by atoms with Crippen molar-refractivity contribution < 1.29 is 0 Å².